The highest BCUT2D eigenvalue weighted by Gasteiger charge is 2.24. The fourth-order valence-corrected chi connectivity index (χ4v) is 3.63. The van der Waals surface area contributed by atoms with Gasteiger partial charge in [0.15, 0.2) is 5.82 Å². The van der Waals surface area contributed by atoms with Crippen LogP contribution in [0.15, 0.2) is 54.7 Å². The van der Waals surface area contributed by atoms with Crippen LogP contribution in [0.1, 0.15) is 34.5 Å². The predicted molar refractivity (Wildman–Crippen MR) is 113 cm³/mol. The summed E-state index contributed by atoms with van der Waals surface area (Å²) in [7, 11) is 0. The van der Waals surface area contributed by atoms with Crippen LogP contribution in [-0.2, 0) is 6.54 Å². The lowest BCUT2D eigenvalue weighted by Crippen LogP contribution is -2.33. The maximum Gasteiger partial charge on any atom is 0.335 e. The Balaban J connectivity index is 1.60. The van der Waals surface area contributed by atoms with Crippen molar-refractivity contribution in [3.8, 4) is 5.75 Å². The number of carbonyl (C=O) groups is 1. The molecular formula is C23H21F2N3O3. The largest absolute Gasteiger partial charge is 0.489 e. The van der Waals surface area contributed by atoms with Crippen LogP contribution in [0.5, 0.6) is 5.75 Å². The van der Waals surface area contributed by atoms with E-state index in [1.54, 1.807) is 36.5 Å². The van der Waals surface area contributed by atoms with Crippen molar-refractivity contribution in [2.75, 3.05) is 23.4 Å². The first-order valence-electron chi connectivity index (χ1n) is 9.82. The van der Waals surface area contributed by atoms with E-state index in [9.17, 15) is 13.6 Å². The number of rotatable bonds is 6. The van der Waals surface area contributed by atoms with E-state index in [1.807, 2.05) is 11.8 Å². The number of fused-ring (bicyclic) bond motifs is 1. The fourth-order valence-electron chi connectivity index (χ4n) is 3.63. The zero-order valence-electron chi connectivity index (χ0n) is 16.8. The van der Waals surface area contributed by atoms with E-state index in [1.165, 1.54) is 12.1 Å². The number of ether oxygens (including phenoxy) is 1. The van der Waals surface area contributed by atoms with Crippen molar-refractivity contribution in [3.63, 3.8) is 0 Å². The summed E-state index contributed by atoms with van der Waals surface area (Å²) >= 11 is 0. The van der Waals surface area contributed by atoms with Crippen LogP contribution in [0, 0.1) is 11.6 Å². The number of hydrogen-bond donors (Lipinski definition) is 2. The van der Waals surface area contributed by atoms with Gasteiger partial charge in [0.1, 0.15) is 29.7 Å². The van der Waals surface area contributed by atoms with E-state index in [-0.39, 0.29) is 11.6 Å². The Bertz CT molecular complexity index is 1090. The Kier molecular flexibility index (Phi) is 5.70. The zero-order valence-corrected chi connectivity index (χ0v) is 16.8. The van der Waals surface area contributed by atoms with Gasteiger partial charge >= 0.3 is 5.97 Å². The summed E-state index contributed by atoms with van der Waals surface area (Å²) < 4.78 is 33.1. The van der Waals surface area contributed by atoms with Crippen LogP contribution in [0.25, 0.3) is 0 Å². The molecular weight excluding hydrogens is 404 g/mol. The molecule has 1 aromatic heterocycles. The minimum absolute atomic E-state index is 0.169. The number of aromatic nitrogens is 1. The van der Waals surface area contributed by atoms with E-state index in [4.69, 9.17) is 9.84 Å². The van der Waals surface area contributed by atoms with E-state index < -0.39 is 17.6 Å². The molecule has 0 radical (unpaired) electrons. The number of hydrogen-bond acceptors (Lipinski definition) is 5. The second-order valence-corrected chi connectivity index (χ2v) is 7.35. The number of carboxylic acid groups (broad SMARTS) is 1. The standard InChI is InChI=1S/C23H21F2N3O3/c1-14(16-2-4-17(5-3-16)23(29)30)27-22-21-20(6-7-26-22)31-9-8-28(21)13-15-10-18(24)12-19(25)11-15/h2-7,10-12,14H,8-9,13H2,1H3,(H,26,27)(H,29,30). The Morgan fingerprint density at radius 2 is 1.90 bits per heavy atom. The second-order valence-electron chi connectivity index (χ2n) is 7.35. The van der Waals surface area contributed by atoms with Crippen LogP contribution in [0.2, 0.25) is 0 Å². The number of nitrogens with one attached hydrogen (secondary N) is 1. The van der Waals surface area contributed by atoms with Crippen molar-refractivity contribution in [3.05, 3.63) is 83.1 Å². The van der Waals surface area contributed by atoms with Crippen molar-refractivity contribution in [1.82, 2.24) is 4.98 Å². The molecule has 160 valence electrons. The average molecular weight is 425 g/mol. The molecule has 0 spiro atoms. The molecule has 3 aromatic rings. The summed E-state index contributed by atoms with van der Waals surface area (Å²) in [4.78, 5) is 17.5. The van der Waals surface area contributed by atoms with Crippen molar-refractivity contribution in [2.45, 2.75) is 19.5 Å². The SMILES string of the molecule is CC(Nc1nccc2c1N(Cc1cc(F)cc(F)c1)CCO2)c1ccc(C(=O)O)cc1. The van der Waals surface area contributed by atoms with Crippen molar-refractivity contribution < 1.29 is 23.4 Å². The van der Waals surface area contributed by atoms with E-state index in [0.29, 0.717) is 42.5 Å². The topological polar surface area (TPSA) is 74.7 Å². The first kappa shape index (κ1) is 20.6. The van der Waals surface area contributed by atoms with Gasteiger partial charge < -0.3 is 20.1 Å². The van der Waals surface area contributed by atoms with E-state index >= 15 is 0 Å². The molecule has 0 fully saturated rings. The molecule has 4 rings (SSSR count). The molecule has 0 saturated heterocycles. The maximum atomic E-state index is 13.7. The van der Waals surface area contributed by atoms with Gasteiger partial charge in [-0.25, -0.2) is 18.6 Å². The summed E-state index contributed by atoms with van der Waals surface area (Å²) in [5.74, 6) is -1.01. The molecule has 2 aromatic carbocycles. The van der Waals surface area contributed by atoms with Crippen LogP contribution in [0.3, 0.4) is 0 Å². The van der Waals surface area contributed by atoms with Crippen LogP contribution in [-0.4, -0.2) is 29.2 Å². The highest BCUT2D eigenvalue weighted by molar-refractivity contribution is 5.87. The summed E-state index contributed by atoms with van der Waals surface area (Å²) in [6.45, 7) is 3.22. The minimum Gasteiger partial charge on any atom is -0.489 e. The minimum atomic E-state index is -0.979. The monoisotopic (exact) mass is 425 g/mol. The zero-order chi connectivity index (χ0) is 22.0. The molecule has 0 amide bonds. The van der Waals surface area contributed by atoms with Gasteiger partial charge in [-0.3, -0.25) is 0 Å². The summed E-state index contributed by atoms with van der Waals surface area (Å²) in [6.07, 6.45) is 1.63. The molecule has 0 aliphatic carbocycles. The van der Waals surface area contributed by atoms with E-state index in [0.717, 1.165) is 11.6 Å². The van der Waals surface area contributed by atoms with Gasteiger partial charge in [-0.15, -0.1) is 0 Å². The maximum absolute atomic E-state index is 13.7. The number of nitrogens with zero attached hydrogens (tertiary/aromatic N) is 2. The number of aromatic carboxylic acids is 1. The molecule has 6 nitrogen and oxygen atoms in total. The number of halogens is 2. The Hall–Kier alpha value is -3.68. The third-order valence-electron chi connectivity index (χ3n) is 5.13. The van der Waals surface area contributed by atoms with Gasteiger partial charge in [0.25, 0.3) is 0 Å². The fraction of sp³-hybridized carbons (Fsp3) is 0.217. The molecule has 0 bridgehead atoms. The number of pyridine rings is 1. The lowest BCUT2D eigenvalue weighted by Gasteiger charge is -2.33. The normalized spacial score (nSPS) is 13.8. The molecule has 1 aliphatic heterocycles. The molecule has 1 aliphatic rings. The van der Waals surface area contributed by atoms with Crippen molar-refractivity contribution >= 4 is 17.5 Å². The first-order valence-corrected chi connectivity index (χ1v) is 9.82. The molecule has 8 heteroatoms. The van der Waals surface area contributed by atoms with Crippen LogP contribution in [0.4, 0.5) is 20.3 Å². The van der Waals surface area contributed by atoms with Crippen molar-refractivity contribution in [2.24, 2.45) is 0 Å². The average Bonchev–Trinajstić information content (AvgIpc) is 2.73. The third kappa shape index (κ3) is 4.58. The molecule has 31 heavy (non-hydrogen) atoms. The van der Waals surface area contributed by atoms with Crippen molar-refractivity contribution in [1.29, 1.82) is 0 Å². The second kappa shape index (κ2) is 8.59. The summed E-state index contributed by atoms with van der Waals surface area (Å²) in [5.41, 5.74) is 2.33. The number of anilines is 2. The highest BCUT2D eigenvalue weighted by Crippen LogP contribution is 2.39. The van der Waals surface area contributed by atoms with E-state index in [2.05, 4.69) is 10.3 Å². The van der Waals surface area contributed by atoms with Crippen LogP contribution >= 0.6 is 0 Å². The van der Waals surface area contributed by atoms with Gasteiger partial charge in [0.2, 0.25) is 0 Å². The molecule has 0 saturated carbocycles. The van der Waals surface area contributed by atoms with Crippen LogP contribution < -0.4 is 15.0 Å². The number of benzene rings is 2. The quantitative estimate of drug-likeness (QED) is 0.600. The smallest absolute Gasteiger partial charge is 0.335 e. The first-order chi connectivity index (χ1) is 14.9. The highest BCUT2D eigenvalue weighted by atomic mass is 19.1. The Morgan fingerprint density at radius 3 is 2.58 bits per heavy atom. The molecule has 1 atom stereocenters. The Morgan fingerprint density at radius 1 is 1.19 bits per heavy atom. The summed E-state index contributed by atoms with van der Waals surface area (Å²) in [6, 6.07) is 11.7. The lowest BCUT2D eigenvalue weighted by atomic mass is 10.1. The Labute approximate surface area is 178 Å². The molecule has 2 N–H and O–H groups in total. The van der Waals surface area contributed by atoms with Gasteiger partial charge in [-0.2, -0.15) is 0 Å². The van der Waals surface area contributed by atoms with Gasteiger partial charge in [0.05, 0.1) is 18.2 Å². The summed E-state index contributed by atoms with van der Waals surface area (Å²) in [5, 5.41) is 12.4. The molecule has 2 heterocycles. The molecule has 1 unspecified atom stereocenters. The predicted octanol–water partition coefficient (Wildman–Crippen LogP) is 4.63. The van der Waals surface area contributed by atoms with Gasteiger partial charge in [-0.1, -0.05) is 12.1 Å². The third-order valence-corrected chi connectivity index (χ3v) is 5.13. The van der Waals surface area contributed by atoms with Gasteiger partial charge in [-0.05, 0) is 42.3 Å². The van der Waals surface area contributed by atoms with Gasteiger partial charge in [0, 0.05) is 24.9 Å². The number of carboxylic acids is 1. The lowest BCUT2D eigenvalue weighted by molar-refractivity contribution is 0.0697.